The predicted octanol–water partition coefficient (Wildman–Crippen LogP) is 4.38. The molecule has 4 nitrogen and oxygen atoms in total. The van der Waals surface area contributed by atoms with E-state index in [1.54, 1.807) is 12.1 Å². The smallest absolute Gasteiger partial charge is 0.0992 e. The van der Waals surface area contributed by atoms with Crippen molar-refractivity contribution in [2.45, 2.75) is 39.3 Å². The molecule has 1 aromatic carbocycles. The summed E-state index contributed by atoms with van der Waals surface area (Å²) in [6.07, 6.45) is 4.17. The lowest BCUT2D eigenvalue weighted by molar-refractivity contribution is 0.426. The Labute approximate surface area is 130 Å². The lowest BCUT2D eigenvalue weighted by Gasteiger charge is -2.12. The zero-order valence-corrected chi connectivity index (χ0v) is 13.1. The molecule has 0 unspecified atom stereocenters. The van der Waals surface area contributed by atoms with E-state index in [0.29, 0.717) is 23.2 Å². The Hall–Kier alpha value is -1.99. The molecule has 0 aliphatic heterocycles. The van der Waals surface area contributed by atoms with Gasteiger partial charge in [0.1, 0.15) is 0 Å². The lowest BCUT2D eigenvalue weighted by Crippen LogP contribution is -2.09. The molecule has 0 saturated heterocycles. The summed E-state index contributed by atoms with van der Waals surface area (Å²) in [5, 5.41) is 17.2. The molecule has 1 N–H and O–H groups in total. The van der Waals surface area contributed by atoms with Gasteiger partial charge in [-0.15, -0.1) is 0 Å². The summed E-state index contributed by atoms with van der Waals surface area (Å²) in [5.74, 6) is 0. The van der Waals surface area contributed by atoms with Crippen LogP contribution >= 0.6 is 11.6 Å². The maximum atomic E-state index is 8.82. The maximum absolute atomic E-state index is 8.82. The van der Waals surface area contributed by atoms with Gasteiger partial charge in [0.2, 0.25) is 0 Å². The molecule has 0 fully saturated rings. The van der Waals surface area contributed by atoms with Gasteiger partial charge in [-0.3, -0.25) is 4.68 Å². The third kappa shape index (κ3) is 3.77. The first kappa shape index (κ1) is 15.4. The van der Waals surface area contributed by atoms with Gasteiger partial charge >= 0.3 is 0 Å². The van der Waals surface area contributed by atoms with Gasteiger partial charge in [-0.1, -0.05) is 25.4 Å². The van der Waals surface area contributed by atoms with Crippen LogP contribution in [0, 0.1) is 11.3 Å². The molecule has 0 aliphatic carbocycles. The largest absolute Gasteiger partial charge is 0.378 e. The number of rotatable bonds is 6. The molecule has 1 heterocycles. The van der Waals surface area contributed by atoms with Crippen LogP contribution < -0.4 is 5.32 Å². The van der Waals surface area contributed by atoms with Gasteiger partial charge in [0, 0.05) is 6.20 Å². The van der Waals surface area contributed by atoms with Crippen LogP contribution in [0.2, 0.25) is 5.02 Å². The van der Waals surface area contributed by atoms with Crippen molar-refractivity contribution in [1.29, 1.82) is 5.26 Å². The van der Waals surface area contributed by atoms with Crippen LogP contribution in [0.4, 0.5) is 5.69 Å². The minimum Gasteiger partial charge on any atom is -0.378 e. The number of hydrogen-bond acceptors (Lipinski definition) is 3. The van der Waals surface area contributed by atoms with Crippen molar-refractivity contribution >= 4 is 17.3 Å². The molecular formula is C16H19ClN4. The Balaban J connectivity index is 2.02. The Morgan fingerprint density at radius 2 is 2.10 bits per heavy atom. The van der Waals surface area contributed by atoms with Crippen molar-refractivity contribution < 1.29 is 0 Å². The maximum Gasteiger partial charge on any atom is 0.0992 e. The Bertz CT molecular complexity index is 638. The van der Waals surface area contributed by atoms with Crippen molar-refractivity contribution in [2.75, 3.05) is 5.32 Å². The van der Waals surface area contributed by atoms with Gasteiger partial charge in [-0.05, 0) is 37.1 Å². The molecule has 2 aromatic rings. The highest BCUT2D eigenvalue weighted by Gasteiger charge is 2.08. The van der Waals surface area contributed by atoms with Crippen LogP contribution in [0.15, 0.2) is 30.5 Å². The normalized spacial score (nSPS) is 10.6. The molecule has 0 bridgehead atoms. The molecule has 0 radical (unpaired) electrons. The highest BCUT2D eigenvalue weighted by atomic mass is 35.5. The second-order valence-electron chi connectivity index (χ2n) is 4.92. The molecule has 1 aromatic heterocycles. The Morgan fingerprint density at radius 1 is 1.33 bits per heavy atom. The number of nitrogens with one attached hydrogen (secondary N) is 1. The van der Waals surface area contributed by atoms with Crippen LogP contribution in [0.3, 0.4) is 0 Å². The van der Waals surface area contributed by atoms with Crippen molar-refractivity contribution in [2.24, 2.45) is 0 Å². The van der Waals surface area contributed by atoms with Gasteiger partial charge < -0.3 is 5.32 Å². The predicted molar refractivity (Wildman–Crippen MR) is 85.3 cm³/mol. The van der Waals surface area contributed by atoms with Crippen molar-refractivity contribution in [3.63, 3.8) is 0 Å². The Kier molecular flexibility index (Phi) is 5.24. The summed E-state index contributed by atoms with van der Waals surface area (Å²) in [6, 6.07) is 9.77. The van der Waals surface area contributed by atoms with Crippen LogP contribution in [0.5, 0.6) is 0 Å². The number of aromatic nitrogens is 2. The standard InChI is InChI=1S/C16H19ClN4/c1-3-14(4-2)21-8-7-13(20-21)11-19-16-6-5-12(10-18)9-15(16)17/h5-9,14,19H,3-4,11H2,1-2H3. The second kappa shape index (κ2) is 7.14. The van der Waals surface area contributed by atoms with E-state index in [1.807, 2.05) is 23.0 Å². The number of anilines is 1. The SMILES string of the molecule is CCC(CC)n1ccc(CNc2ccc(C#N)cc2Cl)n1. The van der Waals surface area contributed by atoms with Gasteiger partial charge in [-0.2, -0.15) is 10.4 Å². The van der Waals surface area contributed by atoms with E-state index in [2.05, 4.69) is 30.3 Å². The average molecular weight is 303 g/mol. The van der Waals surface area contributed by atoms with E-state index in [9.17, 15) is 0 Å². The van der Waals surface area contributed by atoms with E-state index >= 15 is 0 Å². The highest BCUT2D eigenvalue weighted by molar-refractivity contribution is 6.33. The topological polar surface area (TPSA) is 53.6 Å². The summed E-state index contributed by atoms with van der Waals surface area (Å²) in [7, 11) is 0. The zero-order valence-electron chi connectivity index (χ0n) is 12.3. The van der Waals surface area contributed by atoms with Gasteiger partial charge in [-0.25, -0.2) is 0 Å². The molecular weight excluding hydrogens is 284 g/mol. The average Bonchev–Trinajstić information content (AvgIpc) is 2.96. The van der Waals surface area contributed by atoms with Gasteiger partial charge in [0.15, 0.2) is 0 Å². The molecule has 5 heteroatoms. The monoisotopic (exact) mass is 302 g/mol. The van der Waals surface area contributed by atoms with Crippen LogP contribution in [0.25, 0.3) is 0 Å². The number of nitrogens with zero attached hydrogens (tertiary/aromatic N) is 3. The Morgan fingerprint density at radius 3 is 2.71 bits per heavy atom. The summed E-state index contributed by atoms with van der Waals surface area (Å²) >= 11 is 6.14. The summed E-state index contributed by atoms with van der Waals surface area (Å²) in [4.78, 5) is 0. The fraction of sp³-hybridized carbons (Fsp3) is 0.375. The quantitative estimate of drug-likeness (QED) is 0.861. The summed E-state index contributed by atoms with van der Waals surface area (Å²) in [6.45, 7) is 4.95. The first-order valence-corrected chi connectivity index (χ1v) is 7.53. The van der Waals surface area contributed by atoms with Gasteiger partial charge in [0.05, 0.1) is 40.6 Å². The van der Waals surface area contributed by atoms with Gasteiger partial charge in [0.25, 0.3) is 0 Å². The van der Waals surface area contributed by atoms with E-state index in [1.165, 1.54) is 0 Å². The highest BCUT2D eigenvalue weighted by Crippen LogP contribution is 2.23. The molecule has 110 valence electrons. The van der Waals surface area contributed by atoms with Crippen molar-refractivity contribution in [3.05, 3.63) is 46.7 Å². The number of halogens is 1. The molecule has 0 spiro atoms. The summed E-state index contributed by atoms with van der Waals surface area (Å²) < 4.78 is 2.03. The molecule has 0 saturated carbocycles. The first-order valence-electron chi connectivity index (χ1n) is 7.15. The number of benzene rings is 1. The molecule has 0 atom stereocenters. The van der Waals surface area contributed by atoms with E-state index < -0.39 is 0 Å². The van der Waals surface area contributed by atoms with Crippen LogP contribution in [0.1, 0.15) is 44.0 Å². The van der Waals surface area contributed by atoms with E-state index in [-0.39, 0.29) is 0 Å². The van der Waals surface area contributed by atoms with Crippen LogP contribution in [-0.4, -0.2) is 9.78 Å². The first-order chi connectivity index (χ1) is 10.2. The zero-order chi connectivity index (χ0) is 15.2. The third-order valence-corrected chi connectivity index (χ3v) is 3.85. The molecule has 0 aliphatic rings. The molecule has 21 heavy (non-hydrogen) atoms. The van der Waals surface area contributed by atoms with Crippen molar-refractivity contribution in [3.8, 4) is 6.07 Å². The summed E-state index contributed by atoms with van der Waals surface area (Å²) in [5.41, 5.74) is 2.35. The third-order valence-electron chi connectivity index (χ3n) is 3.54. The lowest BCUT2D eigenvalue weighted by atomic mass is 10.2. The number of nitriles is 1. The second-order valence-corrected chi connectivity index (χ2v) is 5.32. The minimum absolute atomic E-state index is 0.456. The van der Waals surface area contributed by atoms with E-state index in [0.717, 1.165) is 24.2 Å². The number of hydrogen-bond donors (Lipinski definition) is 1. The fourth-order valence-electron chi connectivity index (χ4n) is 2.25. The van der Waals surface area contributed by atoms with Crippen LogP contribution in [-0.2, 0) is 6.54 Å². The minimum atomic E-state index is 0.456. The van der Waals surface area contributed by atoms with E-state index in [4.69, 9.17) is 16.9 Å². The molecule has 0 amide bonds. The fourth-order valence-corrected chi connectivity index (χ4v) is 2.50. The van der Waals surface area contributed by atoms with Crippen molar-refractivity contribution in [1.82, 2.24) is 9.78 Å². The molecule has 2 rings (SSSR count).